The van der Waals surface area contributed by atoms with Crippen LogP contribution in [-0.2, 0) is 12.1 Å². The predicted octanol–water partition coefficient (Wildman–Crippen LogP) is 4.05. The second-order valence-electron chi connectivity index (χ2n) is 6.51. The zero-order chi connectivity index (χ0) is 14.0. The number of rotatable bonds is 3. The fraction of sp³-hybridized carbons (Fsp3) is 0.647. The van der Waals surface area contributed by atoms with Gasteiger partial charge in [-0.3, -0.25) is 4.90 Å². The third-order valence-electron chi connectivity index (χ3n) is 4.97. The fourth-order valence-corrected chi connectivity index (χ4v) is 3.88. The molecule has 1 aliphatic heterocycles. The van der Waals surface area contributed by atoms with Gasteiger partial charge in [-0.1, -0.05) is 43.0 Å². The van der Waals surface area contributed by atoms with Crippen molar-refractivity contribution in [1.82, 2.24) is 4.90 Å². The highest BCUT2D eigenvalue weighted by atomic mass is 35.5. The minimum Gasteiger partial charge on any atom is -0.321 e. The Labute approximate surface area is 127 Å². The number of nitrogens with two attached hydrogens (primary N) is 1. The second kappa shape index (κ2) is 6.05. The Balaban J connectivity index is 1.76. The molecule has 1 saturated carbocycles. The number of likely N-dealkylation sites (tertiary alicyclic amines) is 1. The van der Waals surface area contributed by atoms with Crippen molar-refractivity contribution < 1.29 is 0 Å². The molecule has 0 atom stereocenters. The Morgan fingerprint density at radius 3 is 2.40 bits per heavy atom. The first-order valence-electron chi connectivity index (χ1n) is 7.98. The Bertz CT molecular complexity index is 460. The Kier molecular flexibility index (Phi) is 4.34. The van der Waals surface area contributed by atoms with Gasteiger partial charge in [-0.15, -0.1) is 0 Å². The Morgan fingerprint density at radius 1 is 1.05 bits per heavy atom. The molecule has 0 bridgehead atoms. The predicted molar refractivity (Wildman–Crippen MR) is 84.9 cm³/mol. The van der Waals surface area contributed by atoms with E-state index in [1.807, 2.05) is 0 Å². The van der Waals surface area contributed by atoms with Gasteiger partial charge in [-0.25, -0.2) is 0 Å². The van der Waals surface area contributed by atoms with E-state index in [9.17, 15) is 0 Å². The lowest BCUT2D eigenvalue weighted by Gasteiger charge is -2.34. The molecule has 0 unspecified atom stereocenters. The highest BCUT2D eigenvalue weighted by Crippen LogP contribution is 2.36. The van der Waals surface area contributed by atoms with Crippen LogP contribution in [-0.4, -0.2) is 18.0 Å². The first-order valence-corrected chi connectivity index (χ1v) is 8.35. The van der Waals surface area contributed by atoms with Gasteiger partial charge in [0.2, 0.25) is 0 Å². The van der Waals surface area contributed by atoms with E-state index in [2.05, 4.69) is 23.1 Å². The van der Waals surface area contributed by atoms with Crippen molar-refractivity contribution in [3.8, 4) is 0 Å². The minimum atomic E-state index is -0.145. The van der Waals surface area contributed by atoms with Crippen LogP contribution in [0.1, 0.15) is 56.1 Å². The van der Waals surface area contributed by atoms with Gasteiger partial charge in [0.05, 0.1) is 0 Å². The molecule has 1 saturated heterocycles. The molecule has 110 valence electrons. The van der Waals surface area contributed by atoms with Gasteiger partial charge < -0.3 is 5.73 Å². The van der Waals surface area contributed by atoms with Crippen LogP contribution < -0.4 is 5.73 Å². The summed E-state index contributed by atoms with van der Waals surface area (Å²) >= 11 is 6.51. The number of nitrogens with zero attached hydrogens (tertiary/aromatic N) is 1. The zero-order valence-electron chi connectivity index (χ0n) is 12.2. The third kappa shape index (κ3) is 3.03. The molecule has 0 spiro atoms. The van der Waals surface area contributed by atoms with Gasteiger partial charge in [0, 0.05) is 17.1 Å². The topological polar surface area (TPSA) is 29.3 Å². The lowest BCUT2D eigenvalue weighted by molar-refractivity contribution is 0.302. The summed E-state index contributed by atoms with van der Waals surface area (Å²) in [4.78, 5) is 2.49. The van der Waals surface area contributed by atoms with Crippen molar-refractivity contribution >= 4 is 11.6 Å². The van der Waals surface area contributed by atoms with Crippen LogP contribution >= 0.6 is 11.6 Å². The van der Waals surface area contributed by atoms with E-state index in [0.717, 1.165) is 24.4 Å². The molecule has 3 heteroatoms. The lowest BCUT2D eigenvalue weighted by Crippen LogP contribution is -2.38. The maximum Gasteiger partial charge on any atom is 0.0454 e. The molecule has 20 heavy (non-hydrogen) atoms. The van der Waals surface area contributed by atoms with Gasteiger partial charge >= 0.3 is 0 Å². The molecule has 2 nitrogen and oxygen atoms in total. The van der Waals surface area contributed by atoms with E-state index in [0.29, 0.717) is 0 Å². The zero-order valence-corrected chi connectivity index (χ0v) is 13.0. The average Bonchev–Trinajstić information content (AvgIpc) is 2.95. The maximum atomic E-state index is 6.59. The van der Waals surface area contributed by atoms with Crippen LogP contribution in [0, 0.1) is 0 Å². The molecule has 1 aliphatic carbocycles. The quantitative estimate of drug-likeness (QED) is 0.910. The second-order valence-corrected chi connectivity index (χ2v) is 6.91. The van der Waals surface area contributed by atoms with Crippen molar-refractivity contribution in [2.45, 2.75) is 57.0 Å². The van der Waals surface area contributed by atoms with E-state index in [-0.39, 0.29) is 5.54 Å². The summed E-state index contributed by atoms with van der Waals surface area (Å²) < 4.78 is 0. The van der Waals surface area contributed by atoms with Crippen molar-refractivity contribution in [3.63, 3.8) is 0 Å². The van der Waals surface area contributed by atoms with Crippen LogP contribution in [0.4, 0.5) is 0 Å². The molecule has 1 aromatic carbocycles. The van der Waals surface area contributed by atoms with Gasteiger partial charge in [0.1, 0.15) is 0 Å². The standard InChI is InChI=1S/C17H25ClN2/c18-16-12-15(17(19)8-2-1-3-9-17)7-6-14(16)13-20-10-4-5-11-20/h6-7,12H,1-5,8-11,13,19H2. The largest absolute Gasteiger partial charge is 0.321 e. The fourth-order valence-electron chi connectivity index (χ4n) is 3.64. The van der Waals surface area contributed by atoms with E-state index >= 15 is 0 Å². The Hall–Kier alpha value is -0.570. The number of hydrogen-bond donors (Lipinski definition) is 1. The first kappa shape index (κ1) is 14.4. The number of benzene rings is 1. The molecular formula is C17H25ClN2. The van der Waals surface area contributed by atoms with E-state index in [1.165, 1.54) is 56.3 Å². The van der Waals surface area contributed by atoms with Crippen LogP contribution in [0.2, 0.25) is 5.02 Å². The molecule has 2 aliphatic rings. The summed E-state index contributed by atoms with van der Waals surface area (Å²) in [6, 6.07) is 6.53. The molecule has 0 aromatic heterocycles. The molecule has 2 fully saturated rings. The highest BCUT2D eigenvalue weighted by Gasteiger charge is 2.29. The van der Waals surface area contributed by atoms with Crippen molar-refractivity contribution in [2.24, 2.45) is 5.73 Å². The van der Waals surface area contributed by atoms with Gasteiger partial charge in [0.25, 0.3) is 0 Å². The van der Waals surface area contributed by atoms with E-state index in [1.54, 1.807) is 0 Å². The summed E-state index contributed by atoms with van der Waals surface area (Å²) in [5, 5.41) is 0.893. The highest BCUT2D eigenvalue weighted by molar-refractivity contribution is 6.31. The summed E-state index contributed by atoms with van der Waals surface area (Å²) in [5.74, 6) is 0. The van der Waals surface area contributed by atoms with Crippen molar-refractivity contribution in [3.05, 3.63) is 34.3 Å². The first-order chi connectivity index (χ1) is 9.67. The summed E-state index contributed by atoms with van der Waals surface area (Å²) in [6.45, 7) is 3.40. The molecule has 2 N–H and O–H groups in total. The van der Waals surface area contributed by atoms with Gasteiger partial charge in [-0.2, -0.15) is 0 Å². The molecule has 1 aromatic rings. The van der Waals surface area contributed by atoms with Crippen molar-refractivity contribution in [2.75, 3.05) is 13.1 Å². The average molecular weight is 293 g/mol. The Morgan fingerprint density at radius 2 is 1.75 bits per heavy atom. The van der Waals surface area contributed by atoms with E-state index in [4.69, 9.17) is 17.3 Å². The smallest absolute Gasteiger partial charge is 0.0454 e. The lowest BCUT2D eigenvalue weighted by atomic mass is 9.77. The summed E-state index contributed by atoms with van der Waals surface area (Å²) in [5.41, 5.74) is 8.93. The SMILES string of the molecule is NC1(c2ccc(CN3CCCC3)c(Cl)c2)CCCCC1. The minimum absolute atomic E-state index is 0.145. The summed E-state index contributed by atoms with van der Waals surface area (Å²) in [6.07, 6.45) is 8.62. The van der Waals surface area contributed by atoms with E-state index < -0.39 is 0 Å². The molecule has 3 rings (SSSR count). The molecule has 0 radical (unpaired) electrons. The monoisotopic (exact) mass is 292 g/mol. The van der Waals surface area contributed by atoms with Crippen LogP contribution in [0.15, 0.2) is 18.2 Å². The number of hydrogen-bond acceptors (Lipinski definition) is 2. The summed E-state index contributed by atoms with van der Waals surface area (Å²) in [7, 11) is 0. The molecule has 0 amide bonds. The van der Waals surface area contributed by atoms with Gasteiger partial charge in [0.15, 0.2) is 0 Å². The maximum absolute atomic E-state index is 6.59. The number of halogens is 1. The molecule has 1 heterocycles. The molecular weight excluding hydrogens is 268 g/mol. The van der Waals surface area contributed by atoms with Crippen LogP contribution in [0.25, 0.3) is 0 Å². The third-order valence-corrected chi connectivity index (χ3v) is 5.32. The normalized spacial score (nSPS) is 23.1. The van der Waals surface area contributed by atoms with Crippen LogP contribution in [0.3, 0.4) is 0 Å². The van der Waals surface area contributed by atoms with Crippen molar-refractivity contribution in [1.29, 1.82) is 0 Å². The van der Waals surface area contributed by atoms with Crippen LogP contribution in [0.5, 0.6) is 0 Å². The van der Waals surface area contributed by atoms with Gasteiger partial charge in [-0.05, 0) is 56.0 Å².